The van der Waals surface area contributed by atoms with E-state index in [2.05, 4.69) is 20.7 Å². The maximum Gasteiger partial charge on any atom is 0.255 e. The van der Waals surface area contributed by atoms with Crippen LogP contribution in [0.25, 0.3) is 11.0 Å². The molecule has 0 aromatic carbocycles. The van der Waals surface area contributed by atoms with Crippen LogP contribution in [-0.2, 0) is 16.1 Å². The zero-order chi connectivity index (χ0) is 21.8. The van der Waals surface area contributed by atoms with E-state index in [9.17, 15) is 9.59 Å². The van der Waals surface area contributed by atoms with Crippen LogP contribution in [0.4, 0.5) is 5.69 Å². The van der Waals surface area contributed by atoms with E-state index < -0.39 is 0 Å². The number of aryl methyl sites for hydroxylation is 1. The number of amides is 2. The second kappa shape index (κ2) is 9.64. The summed E-state index contributed by atoms with van der Waals surface area (Å²) in [5.41, 5.74) is 2.12. The monoisotopic (exact) mass is 428 g/mol. The quantitative estimate of drug-likeness (QED) is 0.731. The number of nitrogens with one attached hydrogen (secondary N) is 2. The first-order chi connectivity index (χ1) is 15.1. The van der Waals surface area contributed by atoms with Crippen molar-refractivity contribution in [2.45, 2.75) is 64.6 Å². The minimum Gasteiger partial charge on any atom is -0.381 e. The number of hydrogen-bond donors (Lipinski definition) is 2. The maximum absolute atomic E-state index is 13.2. The predicted molar refractivity (Wildman–Crippen MR) is 118 cm³/mol. The molecule has 168 valence electrons. The Hall–Kier alpha value is -2.68. The zero-order valence-corrected chi connectivity index (χ0v) is 18.4. The van der Waals surface area contributed by atoms with Crippen molar-refractivity contribution < 1.29 is 14.3 Å². The van der Waals surface area contributed by atoms with Crippen LogP contribution in [-0.4, -0.2) is 69.9 Å². The van der Waals surface area contributed by atoms with Crippen molar-refractivity contribution in [1.29, 1.82) is 0 Å². The lowest BCUT2D eigenvalue weighted by molar-refractivity contribution is -0.131. The van der Waals surface area contributed by atoms with E-state index in [0.717, 1.165) is 55.6 Å². The number of piperidine rings is 1. The van der Waals surface area contributed by atoms with Crippen molar-refractivity contribution in [3.8, 4) is 0 Å². The fourth-order valence-electron chi connectivity index (χ4n) is 4.39. The Balaban J connectivity index is 1.53. The number of rotatable bonds is 6. The minimum atomic E-state index is -0.131. The van der Waals surface area contributed by atoms with Crippen LogP contribution in [0.5, 0.6) is 0 Å². The molecule has 2 fully saturated rings. The molecule has 2 aromatic rings. The third kappa shape index (κ3) is 4.66. The Morgan fingerprint density at radius 2 is 1.84 bits per heavy atom. The van der Waals surface area contributed by atoms with E-state index in [1.807, 2.05) is 23.4 Å². The van der Waals surface area contributed by atoms with E-state index in [0.29, 0.717) is 31.6 Å². The smallest absolute Gasteiger partial charge is 0.255 e. The second-order valence-corrected chi connectivity index (χ2v) is 8.26. The molecule has 0 unspecified atom stereocenters. The summed E-state index contributed by atoms with van der Waals surface area (Å²) >= 11 is 0. The number of ether oxygens (including phenoxy) is 1. The van der Waals surface area contributed by atoms with Crippen LogP contribution in [0.2, 0.25) is 0 Å². The van der Waals surface area contributed by atoms with E-state index in [1.165, 1.54) is 0 Å². The van der Waals surface area contributed by atoms with E-state index in [-0.39, 0.29) is 23.9 Å². The average molecular weight is 429 g/mol. The summed E-state index contributed by atoms with van der Waals surface area (Å²) in [6, 6.07) is 0.303. The molecule has 31 heavy (non-hydrogen) atoms. The van der Waals surface area contributed by atoms with Gasteiger partial charge in [0, 0.05) is 57.5 Å². The highest BCUT2D eigenvalue weighted by Gasteiger charge is 2.26. The molecule has 2 aliphatic rings. The van der Waals surface area contributed by atoms with E-state index in [1.54, 1.807) is 12.4 Å². The van der Waals surface area contributed by atoms with Crippen molar-refractivity contribution in [3.05, 3.63) is 18.0 Å². The molecule has 0 atom stereocenters. The van der Waals surface area contributed by atoms with Gasteiger partial charge in [0.2, 0.25) is 5.91 Å². The molecular formula is C22H32N6O3. The largest absolute Gasteiger partial charge is 0.381 e. The normalized spacial score (nSPS) is 18.3. The molecule has 0 radical (unpaired) electrons. The summed E-state index contributed by atoms with van der Waals surface area (Å²) in [5.74, 6) is 0.0452. The van der Waals surface area contributed by atoms with Gasteiger partial charge in [-0.1, -0.05) is 6.92 Å². The molecule has 9 heteroatoms. The number of fused-ring (bicyclic) bond motifs is 1. The van der Waals surface area contributed by atoms with Gasteiger partial charge >= 0.3 is 0 Å². The molecule has 0 spiro atoms. The average Bonchev–Trinajstić information content (AvgIpc) is 3.23. The van der Waals surface area contributed by atoms with Gasteiger partial charge in [0.1, 0.15) is 0 Å². The number of aromatic nitrogens is 3. The standard InChI is InChI=1S/C22H32N6O3/c1-3-19(29)27-9-5-15(6-10-27)26-22(30)18-13-23-21-17(14-24-28(21)4-2)20(18)25-16-7-11-31-12-8-16/h13-16H,3-12H2,1-2H3,(H,23,25)(H,26,30). The van der Waals surface area contributed by atoms with Gasteiger partial charge in [0.15, 0.2) is 5.65 Å². The van der Waals surface area contributed by atoms with Gasteiger partial charge in [-0.2, -0.15) is 5.10 Å². The topological polar surface area (TPSA) is 101 Å². The molecule has 2 aromatic heterocycles. The van der Waals surface area contributed by atoms with Crippen molar-refractivity contribution in [3.63, 3.8) is 0 Å². The van der Waals surface area contributed by atoms with Crippen molar-refractivity contribution in [2.75, 3.05) is 31.6 Å². The molecule has 2 aliphatic heterocycles. The summed E-state index contributed by atoms with van der Waals surface area (Å²) in [6.07, 6.45) is 7.30. The number of hydrogen-bond acceptors (Lipinski definition) is 6. The second-order valence-electron chi connectivity index (χ2n) is 8.26. The Kier molecular flexibility index (Phi) is 6.70. The summed E-state index contributed by atoms with van der Waals surface area (Å²) < 4.78 is 7.32. The highest BCUT2D eigenvalue weighted by Crippen LogP contribution is 2.28. The van der Waals surface area contributed by atoms with Crippen LogP contribution in [0, 0.1) is 0 Å². The van der Waals surface area contributed by atoms with Gasteiger partial charge in [0.25, 0.3) is 5.91 Å². The summed E-state index contributed by atoms with van der Waals surface area (Å²) in [5, 5.41) is 12.1. The van der Waals surface area contributed by atoms with Crippen LogP contribution >= 0.6 is 0 Å². The maximum atomic E-state index is 13.2. The molecule has 2 amide bonds. The van der Waals surface area contributed by atoms with Gasteiger partial charge in [-0.05, 0) is 32.6 Å². The Bertz CT molecular complexity index is 929. The summed E-state index contributed by atoms with van der Waals surface area (Å²) in [4.78, 5) is 31.6. The van der Waals surface area contributed by atoms with Gasteiger partial charge < -0.3 is 20.3 Å². The Morgan fingerprint density at radius 3 is 2.52 bits per heavy atom. The van der Waals surface area contributed by atoms with Crippen LogP contribution in [0.3, 0.4) is 0 Å². The lowest BCUT2D eigenvalue weighted by Gasteiger charge is -2.32. The highest BCUT2D eigenvalue weighted by molar-refractivity contribution is 6.06. The summed E-state index contributed by atoms with van der Waals surface area (Å²) in [7, 11) is 0. The SMILES string of the molecule is CCC(=O)N1CCC(NC(=O)c2cnc3c(cnn3CC)c2NC2CCOCC2)CC1. The van der Waals surface area contributed by atoms with Gasteiger partial charge in [-0.15, -0.1) is 0 Å². The van der Waals surface area contributed by atoms with Crippen LogP contribution < -0.4 is 10.6 Å². The molecule has 4 heterocycles. The Morgan fingerprint density at radius 1 is 1.10 bits per heavy atom. The molecule has 0 saturated carbocycles. The lowest BCUT2D eigenvalue weighted by atomic mass is 10.0. The molecule has 4 rings (SSSR count). The van der Waals surface area contributed by atoms with Gasteiger partial charge in [-0.25, -0.2) is 9.67 Å². The first-order valence-corrected chi connectivity index (χ1v) is 11.4. The van der Waals surface area contributed by atoms with Crippen molar-refractivity contribution >= 4 is 28.5 Å². The molecule has 2 saturated heterocycles. The zero-order valence-electron chi connectivity index (χ0n) is 18.4. The number of pyridine rings is 1. The minimum absolute atomic E-state index is 0.0541. The highest BCUT2D eigenvalue weighted by atomic mass is 16.5. The van der Waals surface area contributed by atoms with Crippen LogP contribution in [0.1, 0.15) is 56.3 Å². The van der Waals surface area contributed by atoms with Gasteiger partial charge in [-0.3, -0.25) is 9.59 Å². The molecule has 2 N–H and O–H groups in total. The first kappa shape index (κ1) is 21.5. The van der Waals surface area contributed by atoms with Crippen molar-refractivity contribution in [2.24, 2.45) is 0 Å². The summed E-state index contributed by atoms with van der Waals surface area (Å²) in [6.45, 7) is 7.43. The number of anilines is 1. The fraction of sp³-hybridized carbons (Fsp3) is 0.636. The molecule has 0 bridgehead atoms. The lowest BCUT2D eigenvalue weighted by Crippen LogP contribution is -2.46. The van der Waals surface area contributed by atoms with Crippen molar-refractivity contribution in [1.82, 2.24) is 25.0 Å². The van der Waals surface area contributed by atoms with E-state index in [4.69, 9.17) is 4.74 Å². The van der Waals surface area contributed by atoms with E-state index >= 15 is 0 Å². The fourth-order valence-corrected chi connectivity index (χ4v) is 4.39. The molecule has 9 nitrogen and oxygen atoms in total. The first-order valence-electron chi connectivity index (χ1n) is 11.4. The molecule has 0 aliphatic carbocycles. The number of likely N-dealkylation sites (tertiary alicyclic amines) is 1. The number of carbonyl (C=O) groups excluding carboxylic acids is 2. The number of nitrogens with zero attached hydrogens (tertiary/aromatic N) is 4. The number of carbonyl (C=O) groups is 2. The van der Waals surface area contributed by atoms with Crippen LogP contribution in [0.15, 0.2) is 12.4 Å². The molecular weight excluding hydrogens is 396 g/mol. The third-order valence-electron chi connectivity index (χ3n) is 6.27. The Labute approximate surface area is 182 Å². The van der Waals surface area contributed by atoms with Gasteiger partial charge in [0.05, 0.1) is 22.8 Å². The third-order valence-corrected chi connectivity index (χ3v) is 6.27. The predicted octanol–water partition coefficient (Wildman–Crippen LogP) is 2.17.